The summed E-state index contributed by atoms with van der Waals surface area (Å²) in [4.78, 5) is 21.4. The van der Waals surface area contributed by atoms with Crippen molar-refractivity contribution in [3.63, 3.8) is 0 Å². The van der Waals surface area contributed by atoms with Gasteiger partial charge in [0.15, 0.2) is 0 Å². The van der Waals surface area contributed by atoms with Crippen LogP contribution in [0.15, 0.2) is 35.0 Å². The third kappa shape index (κ3) is 4.14. The first-order valence-corrected chi connectivity index (χ1v) is 6.25. The number of halogens is 1. The Labute approximate surface area is 105 Å². The molecule has 0 saturated heterocycles. The quantitative estimate of drug-likeness (QED) is 0.852. The fourth-order valence-corrected chi connectivity index (χ4v) is 2.10. The topological polar surface area (TPSA) is 54.4 Å². The van der Waals surface area contributed by atoms with Gasteiger partial charge in [-0.3, -0.25) is 4.79 Å². The molecule has 16 heavy (non-hydrogen) atoms. The third-order valence-electron chi connectivity index (χ3n) is 1.45. The van der Waals surface area contributed by atoms with E-state index in [0.29, 0.717) is 9.75 Å². The van der Waals surface area contributed by atoms with Crippen LogP contribution in [0.1, 0.15) is 19.3 Å². The number of carbonyl (C=O) groups is 2. The van der Waals surface area contributed by atoms with E-state index in [1.165, 1.54) is 22.7 Å². The average molecular weight is 275 g/mol. The molecule has 0 spiro atoms. The summed E-state index contributed by atoms with van der Waals surface area (Å²) in [7, 11) is 0. The zero-order valence-electron chi connectivity index (χ0n) is 7.92. The van der Waals surface area contributed by atoms with Crippen molar-refractivity contribution in [2.45, 2.75) is 0 Å². The number of hydrogen-bond acceptors (Lipinski definition) is 4. The van der Waals surface area contributed by atoms with Gasteiger partial charge in [0.05, 0.1) is 4.88 Å². The van der Waals surface area contributed by atoms with E-state index in [1.54, 1.807) is 29.6 Å². The predicted octanol–water partition coefficient (Wildman–Crippen LogP) is 3.57. The van der Waals surface area contributed by atoms with Gasteiger partial charge in [0.25, 0.3) is 5.24 Å². The Morgan fingerprint density at radius 1 is 1.06 bits per heavy atom. The summed E-state index contributed by atoms with van der Waals surface area (Å²) in [6, 6.07) is 6.78. The lowest BCUT2D eigenvalue weighted by Gasteiger charge is -1.78. The molecule has 2 heterocycles. The van der Waals surface area contributed by atoms with E-state index in [4.69, 9.17) is 16.7 Å². The molecule has 6 heteroatoms. The van der Waals surface area contributed by atoms with Crippen molar-refractivity contribution in [1.82, 2.24) is 0 Å². The molecule has 2 aromatic rings. The Hall–Kier alpha value is -1.17. The van der Waals surface area contributed by atoms with E-state index < -0.39 is 5.97 Å². The summed E-state index contributed by atoms with van der Waals surface area (Å²) in [5, 5.41) is 11.5. The number of carboxylic acids is 1. The zero-order valence-corrected chi connectivity index (χ0v) is 10.3. The van der Waals surface area contributed by atoms with Crippen LogP contribution in [0.5, 0.6) is 0 Å². The second-order valence-corrected chi connectivity index (χ2v) is 4.77. The second-order valence-electron chi connectivity index (χ2n) is 2.53. The third-order valence-corrected chi connectivity index (χ3v) is 3.49. The number of carboxylic acid groups (broad SMARTS) is 1. The molecule has 0 amide bonds. The molecule has 0 fully saturated rings. The van der Waals surface area contributed by atoms with Crippen LogP contribution in [0, 0.1) is 0 Å². The zero-order chi connectivity index (χ0) is 12.0. The maximum Gasteiger partial charge on any atom is 0.345 e. The lowest BCUT2D eigenvalue weighted by atomic mass is 10.5. The van der Waals surface area contributed by atoms with Crippen LogP contribution in [0.25, 0.3) is 0 Å². The molecule has 2 aromatic heterocycles. The predicted molar refractivity (Wildman–Crippen MR) is 65.8 cm³/mol. The fraction of sp³-hybridized carbons (Fsp3) is 0. The molecule has 0 atom stereocenters. The SMILES string of the molecule is O=C(Cl)c1cccs1.O=C(O)c1cccs1. The molecule has 2 rings (SSSR count). The highest BCUT2D eigenvalue weighted by molar-refractivity contribution is 7.14. The molecule has 0 aromatic carbocycles. The smallest absolute Gasteiger partial charge is 0.345 e. The van der Waals surface area contributed by atoms with Gasteiger partial charge in [0.1, 0.15) is 4.88 Å². The Balaban J connectivity index is 0.000000160. The first-order chi connectivity index (χ1) is 7.61. The standard InChI is InChI=1S/C5H3ClOS.C5H4O2S/c2*6-5(7)4-2-1-3-8-4/h1-3H;1-3H,(H,6,7). The summed E-state index contributed by atoms with van der Waals surface area (Å²) < 4.78 is 0. The molecule has 0 aliphatic rings. The first kappa shape index (κ1) is 12.9. The number of aromatic carboxylic acids is 1. The van der Waals surface area contributed by atoms with Crippen LogP contribution in [0.2, 0.25) is 0 Å². The molecule has 0 aliphatic heterocycles. The van der Waals surface area contributed by atoms with Gasteiger partial charge < -0.3 is 5.11 Å². The minimum atomic E-state index is -0.847. The number of hydrogen-bond donors (Lipinski definition) is 1. The Morgan fingerprint density at radius 2 is 1.56 bits per heavy atom. The van der Waals surface area contributed by atoms with Crippen LogP contribution >= 0.6 is 34.3 Å². The van der Waals surface area contributed by atoms with E-state index in [2.05, 4.69) is 0 Å². The van der Waals surface area contributed by atoms with E-state index >= 15 is 0 Å². The van der Waals surface area contributed by atoms with E-state index in [9.17, 15) is 9.59 Å². The van der Waals surface area contributed by atoms with Crippen LogP contribution in [0.4, 0.5) is 0 Å². The minimum Gasteiger partial charge on any atom is -0.477 e. The fourth-order valence-electron chi connectivity index (χ4n) is 0.791. The number of thiophene rings is 2. The summed E-state index contributed by atoms with van der Waals surface area (Å²) in [6.45, 7) is 0. The highest BCUT2D eigenvalue weighted by Gasteiger charge is 1.99. The molecule has 84 valence electrons. The molecule has 0 radical (unpaired) electrons. The Bertz CT molecular complexity index is 404. The van der Waals surface area contributed by atoms with Gasteiger partial charge in [-0.05, 0) is 34.5 Å². The molecule has 0 bridgehead atoms. The maximum absolute atomic E-state index is 10.3. The van der Waals surface area contributed by atoms with Crippen molar-refractivity contribution < 1.29 is 14.7 Å². The van der Waals surface area contributed by atoms with Gasteiger partial charge in [-0.25, -0.2) is 4.79 Å². The van der Waals surface area contributed by atoms with Crippen molar-refractivity contribution in [3.05, 3.63) is 44.8 Å². The van der Waals surface area contributed by atoms with Crippen molar-refractivity contribution in [2.24, 2.45) is 0 Å². The lowest BCUT2D eigenvalue weighted by Crippen LogP contribution is -1.89. The molecular formula is C10H7ClO3S2. The van der Waals surface area contributed by atoms with E-state index in [-0.39, 0.29) is 5.24 Å². The highest BCUT2D eigenvalue weighted by atomic mass is 35.5. The molecule has 1 N–H and O–H groups in total. The number of carbonyl (C=O) groups excluding carboxylic acids is 1. The van der Waals surface area contributed by atoms with Crippen molar-refractivity contribution in [2.75, 3.05) is 0 Å². The first-order valence-electron chi connectivity index (χ1n) is 4.11. The summed E-state index contributed by atoms with van der Waals surface area (Å²) in [5.41, 5.74) is 0. The van der Waals surface area contributed by atoms with Gasteiger partial charge in [0, 0.05) is 0 Å². The van der Waals surface area contributed by atoms with Gasteiger partial charge in [-0.15, -0.1) is 22.7 Å². The summed E-state index contributed by atoms with van der Waals surface area (Å²) in [5.74, 6) is -0.847. The van der Waals surface area contributed by atoms with Gasteiger partial charge in [-0.2, -0.15) is 0 Å². The second kappa shape index (κ2) is 6.42. The normalized spacial score (nSPS) is 9.06. The summed E-state index contributed by atoms with van der Waals surface area (Å²) >= 11 is 7.70. The van der Waals surface area contributed by atoms with Crippen molar-refractivity contribution in [3.8, 4) is 0 Å². The monoisotopic (exact) mass is 274 g/mol. The Kier molecular flexibility index (Phi) is 5.18. The Morgan fingerprint density at radius 3 is 1.75 bits per heavy atom. The van der Waals surface area contributed by atoms with Crippen LogP contribution in [-0.2, 0) is 0 Å². The van der Waals surface area contributed by atoms with Gasteiger partial charge >= 0.3 is 5.97 Å². The highest BCUT2D eigenvalue weighted by Crippen LogP contribution is 2.10. The van der Waals surface area contributed by atoms with Crippen molar-refractivity contribution >= 4 is 45.5 Å². The molecule has 3 nitrogen and oxygen atoms in total. The minimum absolute atomic E-state index is 0.375. The van der Waals surface area contributed by atoms with Crippen LogP contribution < -0.4 is 0 Å². The van der Waals surface area contributed by atoms with Crippen LogP contribution in [-0.4, -0.2) is 16.3 Å². The largest absolute Gasteiger partial charge is 0.477 e. The van der Waals surface area contributed by atoms with Gasteiger partial charge in [0.2, 0.25) is 0 Å². The van der Waals surface area contributed by atoms with Gasteiger partial charge in [-0.1, -0.05) is 12.1 Å². The molecule has 0 saturated carbocycles. The molecular weight excluding hydrogens is 268 g/mol. The summed E-state index contributed by atoms with van der Waals surface area (Å²) in [6.07, 6.45) is 0. The van der Waals surface area contributed by atoms with Crippen molar-refractivity contribution in [1.29, 1.82) is 0 Å². The maximum atomic E-state index is 10.3. The van der Waals surface area contributed by atoms with E-state index in [1.807, 2.05) is 5.38 Å². The van der Waals surface area contributed by atoms with E-state index in [0.717, 1.165) is 0 Å². The molecule has 0 aliphatic carbocycles. The number of rotatable bonds is 2. The lowest BCUT2D eigenvalue weighted by molar-refractivity contribution is 0.0702. The van der Waals surface area contributed by atoms with Crippen LogP contribution in [0.3, 0.4) is 0 Å². The molecule has 0 unspecified atom stereocenters. The average Bonchev–Trinajstić information content (AvgIpc) is 2.93.